The summed E-state index contributed by atoms with van der Waals surface area (Å²) in [6.45, 7) is 5.76. The van der Waals surface area contributed by atoms with Gasteiger partial charge in [0.1, 0.15) is 17.1 Å². The fourth-order valence-corrected chi connectivity index (χ4v) is 5.66. The average Bonchev–Trinajstić information content (AvgIpc) is 3.12. The van der Waals surface area contributed by atoms with E-state index in [1.54, 1.807) is 30.9 Å². The first-order chi connectivity index (χ1) is 16.6. The first-order valence-electron chi connectivity index (χ1n) is 12.2. The molecule has 10 nitrogen and oxygen atoms in total. The topological polar surface area (TPSA) is 113 Å². The third-order valence-electron chi connectivity index (χ3n) is 6.02. The molecule has 1 aliphatic carbocycles. The summed E-state index contributed by atoms with van der Waals surface area (Å²) in [6.07, 6.45) is 6.85. The maximum atomic E-state index is 13.4. The van der Waals surface area contributed by atoms with Gasteiger partial charge in [0.2, 0.25) is 10.0 Å². The number of hydrogen-bond donors (Lipinski definition) is 1. The normalized spacial score (nSPS) is 16.7. The molecule has 0 saturated heterocycles. The Kier molecular flexibility index (Phi) is 8.89. The number of H-pyrrole nitrogens is 1. The molecule has 0 fully saturated rings. The van der Waals surface area contributed by atoms with Crippen LogP contribution in [0.4, 0.5) is 0 Å². The summed E-state index contributed by atoms with van der Waals surface area (Å²) >= 11 is 0. The van der Waals surface area contributed by atoms with Crippen LogP contribution in [0.3, 0.4) is 0 Å². The molecule has 0 saturated carbocycles. The minimum absolute atomic E-state index is 0.295. The summed E-state index contributed by atoms with van der Waals surface area (Å²) in [5.74, 6) is 0.836. The highest BCUT2D eigenvalue weighted by Crippen LogP contribution is 2.31. The maximum Gasteiger partial charge on any atom is 0.277 e. The number of allylic oxidation sites excluding steroid dienone is 2. The van der Waals surface area contributed by atoms with Crippen molar-refractivity contribution in [1.82, 2.24) is 29.0 Å². The molecule has 0 amide bonds. The van der Waals surface area contributed by atoms with Gasteiger partial charge < -0.3 is 14.6 Å². The van der Waals surface area contributed by atoms with E-state index in [0.717, 1.165) is 31.5 Å². The molecule has 0 aliphatic heterocycles. The van der Waals surface area contributed by atoms with E-state index in [9.17, 15) is 13.2 Å². The van der Waals surface area contributed by atoms with Crippen LogP contribution in [-0.2, 0) is 28.2 Å². The van der Waals surface area contributed by atoms with Gasteiger partial charge in [0.15, 0.2) is 5.52 Å². The Hall–Kier alpha value is -2.50. The minimum atomic E-state index is -3.61. The van der Waals surface area contributed by atoms with Crippen molar-refractivity contribution in [2.75, 3.05) is 40.8 Å². The van der Waals surface area contributed by atoms with Crippen molar-refractivity contribution in [3.8, 4) is 0 Å². The number of nitrogens with one attached hydrogen (secondary N) is 1. The van der Waals surface area contributed by atoms with Crippen molar-refractivity contribution in [3.63, 3.8) is 0 Å². The number of rotatable bonds is 12. The number of fused-ring (bicyclic) bond motifs is 1. The molecule has 35 heavy (non-hydrogen) atoms. The minimum Gasteiger partial charge on any atom is -0.493 e. The maximum absolute atomic E-state index is 13.4. The Morgan fingerprint density at radius 3 is 2.60 bits per heavy atom. The van der Waals surface area contributed by atoms with Gasteiger partial charge in [-0.25, -0.2) is 17.7 Å². The zero-order valence-electron chi connectivity index (χ0n) is 21.7. The van der Waals surface area contributed by atoms with Gasteiger partial charge in [-0.15, -0.1) is 0 Å². The first kappa shape index (κ1) is 27.1. The Balaban J connectivity index is 2.03. The lowest BCUT2D eigenvalue weighted by molar-refractivity contribution is 0.226. The molecule has 2 aromatic heterocycles. The summed E-state index contributed by atoms with van der Waals surface area (Å²) < 4.78 is 35.7. The molecule has 3 rings (SSSR count). The van der Waals surface area contributed by atoms with E-state index in [-0.39, 0.29) is 5.56 Å². The SMILES string of the molecule is CCCOC1=CCC(S(=O)(=O)N(C)CCCN(C)C)C=C1c1nc2c(CCC)nn(C)c2c(=O)[nH]1. The second kappa shape index (κ2) is 11.5. The highest BCUT2D eigenvalue weighted by molar-refractivity contribution is 7.89. The number of sulfonamides is 1. The number of ether oxygens (including phenoxy) is 1. The third kappa shape index (κ3) is 6.02. The fraction of sp³-hybridized carbons (Fsp3) is 0.625. The summed E-state index contributed by atoms with van der Waals surface area (Å²) in [7, 11) is 3.66. The van der Waals surface area contributed by atoms with Gasteiger partial charge in [0, 0.05) is 20.6 Å². The van der Waals surface area contributed by atoms with E-state index in [1.807, 2.05) is 32.8 Å². The van der Waals surface area contributed by atoms with Crippen LogP contribution in [0.5, 0.6) is 0 Å². The van der Waals surface area contributed by atoms with Gasteiger partial charge in [0.05, 0.1) is 23.1 Å². The van der Waals surface area contributed by atoms with Crippen LogP contribution in [-0.4, -0.2) is 83.5 Å². The number of nitrogens with zero attached hydrogens (tertiary/aromatic N) is 5. The second-order valence-electron chi connectivity index (χ2n) is 9.23. The standard InChI is InChI=1S/C24H38N6O4S/c1-7-10-19-21-22(30(6)27-19)24(31)26-23(25-21)18-16-17(11-12-20(18)34-15-8-2)35(32,33)29(5)14-9-13-28(3)4/h12,16-17H,7-11,13-15H2,1-6H3,(H,25,26,31). The first-order valence-corrected chi connectivity index (χ1v) is 13.7. The molecule has 2 aromatic rings. The van der Waals surface area contributed by atoms with Crippen molar-refractivity contribution in [1.29, 1.82) is 0 Å². The molecule has 0 bridgehead atoms. The molecule has 0 aromatic carbocycles. The Morgan fingerprint density at radius 2 is 1.94 bits per heavy atom. The van der Waals surface area contributed by atoms with Gasteiger partial charge in [-0.3, -0.25) is 9.48 Å². The predicted octanol–water partition coefficient (Wildman–Crippen LogP) is 2.29. The van der Waals surface area contributed by atoms with Crippen LogP contribution < -0.4 is 5.56 Å². The Bertz CT molecular complexity index is 1260. The molecule has 1 atom stereocenters. The van der Waals surface area contributed by atoms with Gasteiger partial charge in [-0.2, -0.15) is 5.10 Å². The number of aromatic amines is 1. The van der Waals surface area contributed by atoms with E-state index in [1.165, 1.54) is 4.31 Å². The smallest absolute Gasteiger partial charge is 0.277 e. The summed E-state index contributed by atoms with van der Waals surface area (Å²) in [5, 5.41) is 3.70. The summed E-state index contributed by atoms with van der Waals surface area (Å²) in [5.41, 5.74) is 1.86. The summed E-state index contributed by atoms with van der Waals surface area (Å²) in [6, 6.07) is 0. The van der Waals surface area contributed by atoms with E-state index in [0.29, 0.717) is 54.2 Å². The Labute approximate surface area is 207 Å². The monoisotopic (exact) mass is 506 g/mol. The highest BCUT2D eigenvalue weighted by Gasteiger charge is 2.32. The second-order valence-corrected chi connectivity index (χ2v) is 11.5. The van der Waals surface area contributed by atoms with E-state index in [4.69, 9.17) is 9.72 Å². The summed E-state index contributed by atoms with van der Waals surface area (Å²) in [4.78, 5) is 22.6. The Morgan fingerprint density at radius 1 is 1.20 bits per heavy atom. The van der Waals surface area contributed by atoms with Crippen molar-refractivity contribution in [2.45, 2.75) is 51.2 Å². The highest BCUT2D eigenvalue weighted by atomic mass is 32.2. The lowest BCUT2D eigenvalue weighted by Crippen LogP contribution is -2.37. The van der Waals surface area contributed by atoms with Crippen molar-refractivity contribution in [3.05, 3.63) is 39.8 Å². The predicted molar refractivity (Wildman–Crippen MR) is 139 cm³/mol. The molecule has 0 radical (unpaired) electrons. The lowest BCUT2D eigenvalue weighted by Gasteiger charge is -2.26. The van der Waals surface area contributed by atoms with Crippen LogP contribution in [0.25, 0.3) is 16.6 Å². The quantitative estimate of drug-likeness (QED) is 0.470. The number of aromatic nitrogens is 4. The molecule has 1 aliphatic rings. The van der Waals surface area contributed by atoms with Crippen LogP contribution in [0.2, 0.25) is 0 Å². The molecule has 0 spiro atoms. The van der Waals surface area contributed by atoms with Crippen LogP contribution in [0, 0.1) is 0 Å². The van der Waals surface area contributed by atoms with E-state index >= 15 is 0 Å². The van der Waals surface area contributed by atoms with Crippen LogP contribution in [0.1, 0.15) is 51.0 Å². The van der Waals surface area contributed by atoms with Crippen molar-refractivity contribution in [2.24, 2.45) is 7.05 Å². The number of aryl methyl sites for hydroxylation is 2. The molecule has 1 N–H and O–H groups in total. The van der Waals surface area contributed by atoms with Gasteiger partial charge in [0.25, 0.3) is 5.56 Å². The molecule has 2 heterocycles. The molecule has 1 unspecified atom stereocenters. The fourth-order valence-electron chi connectivity index (χ4n) is 4.17. The van der Waals surface area contributed by atoms with Crippen LogP contribution >= 0.6 is 0 Å². The third-order valence-corrected chi connectivity index (χ3v) is 8.16. The largest absolute Gasteiger partial charge is 0.493 e. The molecular formula is C24H38N6O4S. The van der Waals surface area contributed by atoms with Crippen molar-refractivity contribution < 1.29 is 13.2 Å². The zero-order chi connectivity index (χ0) is 25.8. The van der Waals surface area contributed by atoms with Gasteiger partial charge in [-0.1, -0.05) is 26.3 Å². The van der Waals surface area contributed by atoms with Crippen molar-refractivity contribution >= 4 is 26.6 Å². The zero-order valence-corrected chi connectivity index (χ0v) is 22.5. The molecular weight excluding hydrogens is 468 g/mol. The van der Waals surface area contributed by atoms with Gasteiger partial charge >= 0.3 is 0 Å². The van der Waals surface area contributed by atoms with Crippen LogP contribution in [0.15, 0.2) is 22.7 Å². The van der Waals surface area contributed by atoms with E-state index < -0.39 is 15.3 Å². The van der Waals surface area contributed by atoms with E-state index in [2.05, 4.69) is 10.1 Å². The molecule has 194 valence electrons. The molecule has 11 heteroatoms. The number of hydrogen-bond acceptors (Lipinski definition) is 7. The average molecular weight is 507 g/mol. The van der Waals surface area contributed by atoms with Gasteiger partial charge in [-0.05, 0) is 52.4 Å². The lowest BCUT2D eigenvalue weighted by atomic mass is 10.0.